The first kappa shape index (κ1) is 16.7. The number of amides is 1. The van der Waals surface area contributed by atoms with E-state index >= 15 is 0 Å². The molecule has 0 saturated heterocycles. The minimum absolute atomic E-state index is 0.174. The van der Waals surface area contributed by atoms with Crippen molar-refractivity contribution in [1.29, 1.82) is 0 Å². The van der Waals surface area contributed by atoms with E-state index in [-0.39, 0.29) is 12.5 Å². The smallest absolute Gasteiger partial charge is 0.308 e. The van der Waals surface area contributed by atoms with Gasteiger partial charge in [-0.1, -0.05) is 6.92 Å². The largest absolute Gasteiger partial charge is 0.481 e. The van der Waals surface area contributed by atoms with Crippen LogP contribution in [0.5, 0.6) is 0 Å². The SMILES string of the molecule is Cc1cc(C)n(-c2ccc(C(=O)N(C)CC(C)C(=O)O)cc2)n1. The van der Waals surface area contributed by atoms with Gasteiger partial charge >= 0.3 is 5.97 Å². The highest BCUT2D eigenvalue weighted by molar-refractivity contribution is 5.94. The van der Waals surface area contributed by atoms with Crippen molar-refractivity contribution in [3.63, 3.8) is 0 Å². The summed E-state index contributed by atoms with van der Waals surface area (Å²) >= 11 is 0. The van der Waals surface area contributed by atoms with E-state index in [1.165, 1.54) is 4.90 Å². The molecule has 1 amide bonds. The van der Waals surface area contributed by atoms with Gasteiger partial charge in [-0.15, -0.1) is 0 Å². The van der Waals surface area contributed by atoms with E-state index in [9.17, 15) is 9.59 Å². The van der Waals surface area contributed by atoms with E-state index < -0.39 is 11.9 Å². The molecule has 0 aliphatic carbocycles. The molecule has 0 bridgehead atoms. The third-order valence-corrected chi connectivity index (χ3v) is 3.68. The van der Waals surface area contributed by atoms with E-state index in [0.717, 1.165) is 17.1 Å². The van der Waals surface area contributed by atoms with Gasteiger partial charge in [-0.25, -0.2) is 4.68 Å². The molecule has 0 saturated carbocycles. The average Bonchev–Trinajstić information content (AvgIpc) is 2.85. The molecule has 0 aliphatic heterocycles. The van der Waals surface area contributed by atoms with E-state index in [1.54, 1.807) is 26.1 Å². The summed E-state index contributed by atoms with van der Waals surface area (Å²) in [6.45, 7) is 5.66. The molecule has 0 radical (unpaired) electrons. The van der Waals surface area contributed by atoms with Crippen molar-refractivity contribution < 1.29 is 14.7 Å². The number of rotatable bonds is 5. The van der Waals surface area contributed by atoms with Crippen LogP contribution in [0.4, 0.5) is 0 Å². The molecule has 1 atom stereocenters. The number of aromatic nitrogens is 2. The number of carboxylic acids is 1. The predicted octanol–water partition coefficient (Wildman–Crippen LogP) is 2.28. The normalized spacial score (nSPS) is 12.0. The molecule has 1 aromatic carbocycles. The van der Waals surface area contributed by atoms with Crippen LogP contribution in [0.3, 0.4) is 0 Å². The lowest BCUT2D eigenvalue weighted by atomic mass is 10.1. The van der Waals surface area contributed by atoms with Crippen molar-refractivity contribution in [3.05, 3.63) is 47.3 Å². The van der Waals surface area contributed by atoms with E-state index in [4.69, 9.17) is 5.11 Å². The van der Waals surface area contributed by atoms with Gasteiger partial charge in [-0.2, -0.15) is 5.10 Å². The molecule has 0 fully saturated rings. The summed E-state index contributed by atoms with van der Waals surface area (Å²) in [5.41, 5.74) is 3.36. The molecular weight excluding hydrogens is 294 g/mol. The van der Waals surface area contributed by atoms with Crippen molar-refractivity contribution in [2.45, 2.75) is 20.8 Å². The predicted molar refractivity (Wildman–Crippen MR) is 86.8 cm³/mol. The number of hydrogen-bond acceptors (Lipinski definition) is 3. The number of carbonyl (C=O) groups excluding carboxylic acids is 1. The minimum Gasteiger partial charge on any atom is -0.481 e. The average molecular weight is 315 g/mol. The number of aliphatic carboxylic acids is 1. The summed E-state index contributed by atoms with van der Waals surface area (Å²) in [5, 5.41) is 13.3. The van der Waals surface area contributed by atoms with Crippen LogP contribution in [0.2, 0.25) is 0 Å². The van der Waals surface area contributed by atoms with E-state index in [0.29, 0.717) is 5.56 Å². The zero-order valence-electron chi connectivity index (χ0n) is 13.8. The monoisotopic (exact) mass is 315 g/mol. The quantitative estimate of drug-likeness (QED) is 0.918. The van der Waals surface area contributed by atoms with Crippen LogP contribution in [0.15, 0.2) is 30.3 Å². The Hall–Kier alpha value is -2.63. The zero-order valence-corrected chi connectivity index (χ0v) is 13.8. The first-order valence-electron chi connectivity index (χ1n) is 7.41. The fraction of sp³-hybridized carbons (Fsp3) is 0.353. The topological polar surface area (TPSA) is 75.4 Å². The van der Waals surface area contributed by atoms with Crippen LogP contribution < -0.4 is 0 Å². The molecule has 1 N–H and O–H groups in total. The Morgan fingerprint density at radius 2 is 1.87 bits per heavy atom. The van der Waals surface area contributed by atoms with Gasteiger partial charge in [0.2, 0.25) is 0 Å². The first-order valence-corrected chi connectivity index (χ1v) is 7.41. The molecular formula is C17H21N3O3. The van der Waals surface area contributed by atoms with Gasteiger partial charge in [-0.05, 0) is 44.2 Å². The second-order valence-corrected chi connectivity index (χ2v) is 5.81. The summed E-state index contributed by atoms with van der Waals surface area (Å²) in [7, 11) is 1.61. The molecule has 2 rings (SSSR count). The first-order chi connectivity index (χ1) is 10.8. The van der Waals surface area contributed by atoms with Crippen molar-refractivity contribution in [1.82, 2.24) is 14.7 Å². The maximum atomic E-state index is 12.3. The van der Waals surface area contributed by atoms with Crippen molar-refractivity contribution in [2.75, 3.05) is 13.6 Å². The van der Waals surface area contributed by atoms with Crippen molar-refractivity contribution in [3.8, 4) is 5.69 Å². The lowest BCUT2D eigenvalue weighted by Crippen LogP contribution is -2.33. The van der Waals surface area contributed by atoms with Crippen LogP contribution in [0.1, 0.15) is 28.7 Å². The second-order valence-electron chi connectivity index (χ2n) is 5.81. The highest BCUT2D eigenvalue weighted by Gasteiger charge is 2.18. The summed E-state index contributed by atoms with van der Waals surface area (Å²) < 4.78 is 1.82. The standard InChI is InChI=1S/C17H21N3O3/c1-11(17(22)23)10-19(4)16(21)14-5-7-15(8-6-14)20-13(3)9-12(2)18-20/h5-9,11H,10H2,1-4H3,(H,22,23). The number of nitrogens with zero attached hydrogens (tertiary/aromatic N) is 3. The Bertz CT molecular complexity index is 719. The summed E-state index contributed by atoms with van der Waals surface area (Å²) in [5.74, 6) is -1.71. The van der Waals surface area contributed by atoms with Crippen LogP contribution in [-0.2, 0) is 4.79 Å². The molecule has 23 heavy (non-hydrogen) atoms. The third kappa shape index (κ3) is 3.77. The highest BCUT2D eigenvalue weighted by Crippen LogP contribution is 2.14. The summed E-state index contributed by atoms with van der Waals surface area (Å²) in [6.07, 6.45) is 0. The molecule has 6 heteroatoms. The van der Waals surface area contributed by atoms with Crippen LogP contribution in [0, 0.1) is 19.8 Å². The number of aryl methyl sites for hydroxylation is 2. The Morgan fingerprint density at radius 1 is 1.26 bits per heavy atom. The molecule has 122 valence electrons. The molecule has 0 aliphatic rings. The third-order valence-electron chi connectivity index (χ3n) is 3.68. The highest BCUT2D eigenvalue weighted by atomic mass is 16.4. The summed E-state index contributed by atoms with van der Waals surface area (Å²) in [6, 6.07) is 9.12. The fourth-order valence-corrected chi connectivity index (χ4v) is 2.43. The van der Waals surface area contributed by atoms with Gasteiger partial charge in [-0.3, -0.25) is 9.59 Å². The molecule has 1 aromatic heterocycles. The second kappa shape index (κ2) is 6.64. The summed E-state index contributed by atoms with van der Waals surface area (Å²) in [4.78, 5) is 24.6. The number of benzene rings is 1. The molecule has 1 unspecified atom stereocenters. The van der Waals surface area contributed by atoms with Crippen molar-refractivity contribution in [2.24, 2.45) is 5.92 Å². The van der Waals surface area contributed by atoms with E-state index in [2.05, 4.69) is 5.10 Å². The van der Waals surface area contributed by atoms with Crippen LogP contribution in [-0.4, -0.2) is 45.3 Å². The number of hydrogen-bond donors (Lipinski definition) is 1. The zero-order chi connectivity index (χ0) is 17.1. The lowest BCUT2D eigenvalue weighted by molar-refractivity contribution is -0.141. The lowest BCUT2D eigenvalue weighted by Gasteiger charge is -2.19. The van der Waals surface area contributed by atoms with Gasteiger partial charge in [0.1, 0.15) is 0 Å². The Labute approximate surface area is 135 Å². The van der Waals surface area contributed by atoms with Gasteiger partial charge in [0.05, 0.1) is 17.3 Å². The Balaban J connectivity index is 2.14. The van der Waals surface area contributed by atoms with Crippen LogP contribution >= 0.6 is 0 Å². The fourth-order valence-electron chi connectivity index (χ4n) is 2.43. The van der Waals surface area contributed by atoms with Gasteiger partial charge in [0.15, 0.2) is 0 Å². The number of carbonyl (C=O) groups is 2. The van der Waals surface area contributed by atoms with E-state index in [1.807, 2.05) is 36.7 Å². The molecule has 2 aromatic rings. The minimum atomic E-state index is -0.912. The van der Waals surface area contributed by atoms with Gasteiger partial charge < -0.3 is 10.0 Å². The van der Waals surface area contributed by atoms with Gasteiger partial charge in [0, 0.05) is 24.8 Å². The maximum Gasteiger partial charge on any atom is 0.308 e. The molecule has 0 spiro atoms. The van der Waals surface area contributed by atoms with Crippen molar-refractivity contribution >= 4 is 11.9 Å². The molecule has 1 heterocycles. The Morgan fingerprint density at radius 3 is 2.35 bits per heavy atom. The van der Waals surface area contributed by atoms with Crippen LogP contribution in [0.25, 0.3) is 5.69 Å². The Kier molecular flexibility index (Phi) is 4.83. The van der Waals surface area contributed by atoms with Gasteiger partial charge in [0.25, 0.3) is 5.91 Å². The number of carboxylic acid groups (broad SMARTS) is 1. The molecule has 6 nitrogen and oxygen atoms in total. The maximum absolute atomic E-state index is 12.3.